The Morgan fingerprint density at radius 1 is 0.898 bits per heavy atom. The van der Waals surface area contributed by atoms with E-state index in [0.717, 1.165) is 46.3 Å². The first-order valence-electron chi connectivity index (χ1n) is 16.3. The summed E-state index contributed by atoms with van der Waals surface area (Å²) in [5.74, 6) is 0. The topological polar surface area (TPSA) is 170 Å². The van der Waals surface area contributed by atoms with Gasteiger partial charge in [0.05, 0.1) is 18.2 Å². The van der Waals surface area contributed by atoms with Gasteiger partial charge in [-0.05, 0) is 38.2 Å². The monoisotopic (exact) mass is 707 g/mol. The molecule has 4 fully saturated rings. The molecule has 4 aliphatic rings. The Kier molecular flexibility index (Phi) is 10.5. The van der Waals surface area contributed by atoms with Crippen molar-refractivity contribution in [3.63, 3.8) is 0 Å². The molecule has 6 heterocycles. The number of aromatic nitrogens is 4. The SMILES string of the molecule is CC[C@H]1O[C@@H](n2ccc(=O)[nH]c2=O)C(F)[C@H]1O.CC[C@H]1O[C@@H](n2ccc(=O)[nH]c2=O)C(F)[C@H]1O[P@@]1O[C@](C)(c2ccccc2)[C@@H]2CCCN21. The van der Waals surface area contributed by atoms with E-state index in [1.165, 1.54) is 12.3 Å². The average molecular weight is 708 g/mol. The van der Waals surface area contributed by atoms with Crippen LogP contribution in [-0.4, -0.2) is 78.2 Å². The van der Waals surface area contributed by atoms with Gasteiger partial charge in [-0.15, -0.1) is 0 Å². The summed E-state index contributed by atoms with van der Waals surface area (Å²) in [7, 11) is -1.50. The molecule has 2 unspecified atom stereocenters. The number of hydrogen-bond acceptors (Lipinski definition) is 10. The van der Waals surface area contributed by atoms with Crippen LogP contribution in [0, 0.1) is 0 Å². The second-order valence-corrected chi connectivity index (χ2v) is 13.9. The van der Waals surface area contributed by atoms with Gasteiger partial charge in [0.2, 0.25) is 0 Å². The lowest BCUT2D eigenvalue weighted by atomic mass is 9.87. The molecule has 0 aliphatic carbocycles. The minimum absolute atomic E-state index is 0.161. The number of fused-ring (bicyclic) bond motifs is 1. The third kappa shape index (κ3) is 6.75. The Labute approximate surface area is 280 Å². The predicted molar refractivity (Wildman–Crippen MR) is 173 cm³/mol. The Balaban J connectivity index is 0.000000207. The van der Waals surface area contributed by atoms with Crippen LogP contribution in [0.1, 0.15) is 64.5 Å². The van der Waals surface area contributed by atoms with Crippen LogP contribution in [0.2, 0.25) is 0 Å². The molecule has 3 N–H and O–H groups in total. The first kappa shape index (κ1) is 35.5. The summed E-state index contributed by atoms with van der Waals surface area (Å²) < 4.78 is 57.6. The highest BCUT2D eigenvalue weighted by Gasteiger charge is 2.57. The highest BCUT2D eigenvalue weighted by Crippen LogP contribution is 2.64. The molecule has 3 aromatic rings. The standard InChI is InChI=1S/C22H27FN3O5P.C10H13FN2O4/c1-3-15-19(18(23)20(29-15)25-13-11-17(27)24-21(25)28)30-32-26-12-7-10-16(26)22(2,31-32)14-8-5-4-6-9-14;1-2-5-8(15)7(11)9(17-5)13-4-3-6(14)12-10(13)16/h4-6,8-9,11,13,15-16,18-20H,3,7,10,12H2,1-2H3,(H,24,27,28);3-5,7-9,15H,2H2,1H3,(H,12,14,16)/t15-,16+,18?,19+,20-,22-,32+;5-,7?,8+,9-/m11/s1. The van der Waals surface area contributed by atoms with Gasteiger partial charge in [-0.2, -0.15) is 0 Å². The number of H-pyrrole nitrogens is 2. The summed E-state index contributed by atoms with van der Waals surface area (Å²) >= 11 is 0. The van der Waals surface area contributed by atoms with Gasteiger partial charge in [-0.3, -0.25) is 28.7 Å². The zero-order chi connectivity index (χ0) is 35.0. The number of alkyl halides is 2. The van der Waals surface area contributed by atoms with Crippen molar-refractivity contribution in [3.8, 4) is 0 Å². The largest absolute Gasteiger partial charge is 0.387 e. The Morgan fingerprint density at radius 3 is 2.02 bits per heavy atom. The van der Waals surface area contributed by atoms with Gasteiger partial charge in [0.1, 0.15) is 17.8 Å². The van der Waals surface area contributed by atoms with Gasteiger partial charge in [0, 0.05) is 31.1 Å². The van der Waals surface area contributed by atoms with Crippen LogP contribution >= 0.6 is 8.53 Å². The molecule has 0 bridgehead atoms. The number of ether oxygens (including phenoxy) is 2. The van der Waals surface area contributed by atoms with Crippen LogP contribution in [0.25, 0.3) is 0 Å². The second kappa shape index (κ2) is 14.5. The molecule has 0 saturated carbocycles. The predicted octanol–water partition coefficient (Wildman–Crippen LogP) is 2.75. The van der Waals surface area contributed by atoms with Crippen molar-refractivity contribution in [1.29, 1.82) is 0 Å². The first-order valence-corrected chi connectivity index (χ1v) is 17.5. The summed E-state index contributed by atoms with van der Waals surface area (Å²) in [5, 5.41) is 9.55. The number of aliphatic hydroxyl groups excluding tert-OH is 1. The maximum atomic E-state index is 15.6. The molecule has 14 nitrogen and oxygen atoms in total. The molecule has 49 heavy (non-hydrogen) atoms. The fourth-order valence-corrected chi connectivity index (χ4v) is 9.02. The lowest BCUT2D eigenvalue weighted by molar-refractivity contribution is -0.0280. The number of halogens is 2. The molecule has 0 amide bonds. The van der Waals surface area contributed by atoms with E-state index in [4.69, 9.17) is 18.5 Å². The third-order valence-corrected chi connectivity index (χ3v) is 11.4. The van der Waals surface area contributed by atoms with E-state index in [2.05, 4.69) is 28.7 Å². The minimum atomic E-state index is -1.69. The highest BCUT2D eigenvalue weighted by atomic mass is 31.2. The molecule has 17 heteroatoms. The zero-order valence-electron chi connectivity index (χ0n) is 27.2. The lowest BCUT2D eigenvalue weighted by Crippen LogP contribution is -2.37. The summed E-state index contributed by atoms with van der Waals surface area (Å²) in [4.78, 5) is 50.1. The number of aromatic amines is 2. The summed E-state index contributed by atoms with van der Waals surface area (Å²) in [6.45, 7) is 6.55. The van der Waals surface area contributed by atoms with Crippen LogP contribution in [0.3, 0.4) is 0 Å². The molecule has 11 atom stereocenters. The maximum Gasteiger partial charge on any atom is 0.330 e. The van der Waals surface area contributed by atoms with E-state index >= 15 is 4.39 Å². The minimum Gasteiger partial charge on any atom is -0.387 e. The first-order chi connectivity index (χ1) is 23.5. The van der Waals surface area contributed by atoms with E-state index in [-0.39, 0.29) is 6.04 Å². The maximum absolute atomic E-state index is 15.6. The van der Waals surface area contributed by atoms with Crippen molar-refractivity contribution in [2.75, 3.05) is 6.54 Å². The van der Waals surface area contributed by atoms with E-state index in [1.807, 2.05) is 30.1 Å². The molecule has 1 aromatic carbocycles. The number of hydrogen-bond donors (Lipinski definition) is 3. The van der Waals surface area contributed by atoms with Gasteiger partial charge in [0.25, 0.3) is 19.6 Å². The van der Waals surface area contributed by atoms with Crippen LogP contribution in [-0.2, 0) is 24.1 Å². The summed E-state index contributed by atoms with van der Waals surface area (Å²) in [6.07, 6.45) is -3.57. The quantitative estimate of drug-likeness (QED) is 0.311. The van der Waals surface area contributed by atoms with E-state index in [1.54, 1.807) is 6.92 Å². The number of nitrogens with zero attached hydrogens (tertiary/aromatic N) is 3. The van der Waals surface area contributed by atoms with E-state index in [0.29, 0.717) is 12.8 Å². The lowest BCUT2D eigenvalue weighted by Gasteiger charge is -2.29. The molecular formula is C32H40F2N5O9P. The zero-order valence-corrected chi connectivity index (χ0v) is 28.1. The van der Waals surface area contributed by atoms with E-state index in [9.17, 15) is 28.7 Å². The van der Waals surface area contributed by atoms with Crippen LogP contribution in [0.5, 0.6) is 0 Å². The van der Waals surface area contributed by atoms with Gasteiger partial charge < -0.3 is 23.6 Å². The van der Waals surface area contributed by atoms with E-state index < -0.39 is 85.8 Å². The number of nitrogens with one attached hydrogen (secondary N) is 2. The molecular weight excluding hydrogens is 667 g/mol. The average Bonchev–Trinajstić information content (AvgIpc) is 3.83. The number of aliphatic hydroxyl groups is 1. The molecule has 0 radical (unpaired) electrons. The van der Waals surface area contributed by atoms with Gasteiger partial charge in [-0.1, -0.05) is 44.2 Å². The smallest absolute Gasteiger partial charge is 0.330 e. The van der Waals surface area contributed by atoms with Crippen molar-refractivity contribution < 1.29 is 32.4 Å². The Hall–Kier alpha value is -3.37. The molecule has 7 rings (SSSR count). The molecule has 266 valence electrons. The molecule has 2 aromatic heterocycles. The number of rotatable bonds is 7. The summed E-state index contributed by atoms with van der Waals surface area (Å²) in [5.41, 5.74) is -2.02. The van der Waals surface area contributed by atoms with Gasteiger partial charge >= 0.3 is 11.4 Å². The molecule has 4 saturated heterocycles. The van der Waals surface area contributed by atoms with Crippen LogP contribution in [0.4, 0.5) is 8.78 Å². The van der Waals surface area contributed by atoms with Crippen molar-refractivity contribution >= 4 is 8.53 Å². The normalized spacial score (nSPS) is 35.6. The van der Waals surface area contributed by atoms with Crippen molar-refractivity contribution in [2.45, 2.75) is 107 Å². The van der Waals surface area contributed by atoms with Gasteiger partial charge in [-0.25, -0.2) is 23.0 Å². The highest BCUT2D eigenvalue weighted by molar-refractivity contribution is 7.45. The Bertz CT molecular complexity index is 1840. The Morgan fingerprint density at radius 2 is 1.47 bits per heavy atom. The molecule has 4 aliphatic heterocycles. The van der Waals surface area contributed by atoms with Crippen LogP contribution < -0.4 is 22.5 Å². The van der Waals surface area contributed by atoms with Crippen molar-refractivity contribution in [2.24, 2.45) is 0 Å². The van der Waals surface area contributed by atoms with Gasteiger partial charge in [0.15, 0.2) is 24.8 Å². The van der Waals surface area contributed by atoms with Crippen molar-refractivity contribution in [3.05, 3.63) is 102 Å². The number of benzene rings is 1. The summed E-state index contributed by atoms with van der Waals surface area (Å²) in [6, 6.07) is 12.5. The second-order valence-electron chi connectivity index (χ2n) is 12.6. The van der Waals surface area contributed by atoms with Crippen molar-refractivity contribution in [1.82, 2.24) is 23.8 Å². The molecule has 0 spiro atoms. The fraction of sp³-hybridized carbons (Fsp3) is 0.562. The van der Waals surface area contributed by atoms with Crippen LogP contribution in [0.15, 0.2) is 74.0 Å². The third-order valence-electron chi connectivity index (χ3n) is 9.51. The fourth-order valence-electron chi connectivity index (χ4n) is 6.88.